The van der Waals surface area contributed by atoms with E-state index in [0.29, 0.717) is 0 Å². The topological polar surface area (TPSA) is 17.1 Å². The van der Waals surface area contributed by atoms with Gasteiger partial charge < -0.3 is 0 Å². The zero-order valence-electron chi connectivity index (χ0n) is 10.8. The number of hydrogen-bond acceptors (Lipinski definition) is 1. The van der Waals surface area contributed by atoms with Gasteiger partial charge in [0.1, 0.15) is 5.78 Å². The van der Waals surface area contributed by atoms with Crippen molar-refractivity contribution in [3.8, 4) is 0 Å². The van der Waals surface area contributed by atoms with E-state index in [1.165, 1.54) is 0 Å². The van der Waals surface area contributed by atoms with Crippen molar-refractivity contribution in [2.45, 2.75) is 25.7 Å². The van der Waals surface area contributed by atoms with E-state index in [9.17, 15) is 4.79 Å². The number of Topliss-reactive ketones (excluding diaryl/α,β-unsaturated/α-hetero) is 1. The summed E-state index contributed by atoms with van der Waals surface area (Å²) < 4.78 is 0. The van der Waals surface area contributed by atoms with E-state index >= 15 is 0 Å². The summed E-state index contributed by atoms with van der Waals surface area (Å²) in [4.78, 5) is 12.4. The largest absolute Gasteiger partial charge is 0.298 e. The normalized spacial score (nSPS) is 13.9. The van der Waals surface area contributed by atoms with Crippen molar-refractivity contribution in [1.29, 1.82) is 0 Å². The van der Waals surface area contributed by atoms with E-state index in [1.807, 2.05) is 74.5 Å². The molecule has 0 spiro atoms. The Balaban J connectivity index is 2.17. The first-order valence-electron chi connectivity index (χ1n) is 6.33. The van der Waals surface area contributed by atoms with Gasteiger partial charge in [-0.1, -0.05) is 74.5 Å². The van der Waals surface area contributed by atoms with Gasteiger partial charge in [0.2, 0.25) is 0 Å². The molecule has 0 heterocycles. The van der Waals surface area contributed by atoms with Crippen LogP contribution in [0.1, 0.15) is 36.8 Å². The van der Waals surface area contributed by atoms with Gasteiger partial charge in [-0.3, -0.25) is 4.79 Å². The van der Waals surface area contributed by atoms with Crippen molar-refractivity contribution in [1.82, 2.24) is 0 Å². The summed E-state index contributed by atoms with van der Waals surface area (Å²) in [6, 6.07) is 19.9. The van der Waals surface area contributed by atoms with Gasteiger partial charge in [0, 0.05) is 11.8 Å². The van der Waals surface area contributed by atoms with Gasteiger partial charge in [0.25, 0.3) is 0 Å². The standard InChI is InChI=1S/C17H18O/c1-13(15-9-5-3-6-10-15)17(18)14(2)16-11-7-4-8-12-16/h3-14H,1-2H3/t13-,14-/m0/s1. The summed E-state index contributed by atoms with van der Waals surface area (Å²) >= 11 is 0. The molecular formula is C17H18O. The second kappa shape index (κ2) is 5.63. The lowest BCUT2D eigenvalue weighted by atomic mass is 9.86. The highest BCUT2D eigenvalue weighted by Gasteiger charge is 2.22. The summed E-state index contributed by atoms with van der Waals surface area (Å²) in [5.74, 6) is 0.162. The van der Waals surface area contributed by atoms with Gasteiger partial charge in [0.15, 0.2) is 0 Å². The molecule has 0 fully saturated rings. The maximum atomic E-state index is 12.4. The summed E-state index contributed by atoms with van der Waals surface area (Å²) in [5.41, 5.74) is 2.18. The van der Waals surface area contributed by atoms with Crippen LogP contribution in [0.25, 0.3) is 0 Å². The monoisotopic (exact) mass is 238 g/mol. The summed E-state index contributed by atoms with van der Waals surface area (Å²) in [5, 5.41) is 0. The first-order valence-corrected chi connectivity index (χ1v) is 6.33. The number of carbonyl (C=O) groups is 1. The predicted octanol–water partition coefficient (Wildman–Crippen LogP) is 4.16. The van der Waals surface area contributed by atoms with Crippen LogP contribution in [0.3, 0.4) is 0 Å². The second-order valence-electron chi connectivity index (χ2n) is 4.67. The first kappa shape index (κ1) is 12.6. The van der Waals surface area contributed by atoms with Crippen molar-refractivity contribution in [3.63, 3.8) is 0 Å². The van der Waals surface area contributed by atoms with Crippen molar-refractivity contribution in [3.05, 3.63) is 71.8 Å². The molecule has 1 nitrogen and oxygen atoms in total. The molecule has 0 unspecified atom stereocenters. The SMILES string of the molecule is C[C@H](C(=O)[C@@H](C)c1ccccc1)c1ccccc1. The Morgan fingerprint density at radius 2 is 1.06 bits per heavy atom. The van der Waals surface area contributed by atoms with Crippen LogP contribution in [0.4, 0.5) is 0 Å². The maximum absolute atomic E-state index is 12.4. The molecule has 0 saturated heterocycles. The van der Waals surface area contributed by atoms with Gasteiger partial charge >= 0.3 is 0 Å². The molecule has 0 aromatic heterocycles. The Bertz CT molecular complexity index is 454. The fourth-order valence-electron chi connectivity index (χ4n) is 2.19. The zero-order chi connectivity index (χ0) is 13.0. The lowest BCUT2D eigenvalue weighted by molar-refractivity contribution is -0.121. The third-order valence-electron chi connectivity index (χ3n) is 3.45. The van der Waals surface area contributed by atoms with Crippen LogP contribution in [0.15, 0.2) is 60.7 Å². The number of ketones is 1. The minimum absolute atomic E-state index is 0.0543. The number of rotatable bonds is 4. The molecule has 18 heavy (non-hydrogen) atoms. The molecule has 0 saturated carbocycles. The molecule has 0 N–H and O–H groups in total. The molecule has 92 valence electrons. The number of benzene rings is 2. The van der Waals surface area contributed by atoms with E-state index in [-0.39, 0.29) is 17.6 Å². The summed E-state index contributed by atoms with van der Waals surface area (Å²) in [7, 11) is 0. The fraction of sp³-hybridized carbons (Fsp3) is 0.235. The molecule has 0 radical (unpaired) electrons. The van der Waals surface area contributed by atoms with Crippen LogP contribution in [0, 0.1) is 0 Å². The zero-order valence-corrected chi connectivity index (χ0v) is 10.8. The van der Waals surface area contributed by atoms with Gasteiger partial charge in [0.05, 0.1) is 0 Å². The first-order chi connectivity index (χ1) is 8.70. The highest BCUT2D eigenvalue weighted by atomic mass is 16.1. The van der Waals surface area contributed by atoms with Gasteiger partial charge in [-0.05, 0) is 11.1 Å². The van der Waals surface area contributed by atoms with Crippen LogP contribution in [0.5, 0.6) is 0 Å². The summed E-state index contributed by atoms with van der Waals surface area (Å²) in [6.07, 6.45) is 0. The summed E-state index contributed by atoms with van der Waals surface area (Å²) in [6.45, 7) is 3.97. The van der Waals surface area contributed by atoms with E-state index in [1.54, 1.807) is 0 Å². The molecule has 2 aromatic carbocycles. The lowest BCUT2D eigenvalue weighted by Crippen LogP contribution is -2.16. The van der Waals surface area contributed by atoms with Crippen LogP contribution < -0.4 is 0 Å². The Morgan fingerprint density at radius 1 is 0.722 bits per heavy atom. The maximum Gasteiger partial charge on any atom is 0.147 e. The fourth-order valence-corrected chi connectivity index (χ4v) is 2.19. The predicted molar refractivity (Wildman–Crippen MR) is 74.7 cm³/mol. The minimum atomic E-state index is -0.0543. The molecule has 2 rings (SSSR count). The van der Waals surface area contributed by atoms with Crippen LogP contribution in [-0.2, 0) is 4.79 Å². The van der Waals surface area contributed by atoms with E-state index in [4.69, 9.17) is 0 Å². The molecule has 0 aliphatic rings. The van der Waals surface area contributed by atoms with Crippen molar-refractivity contribution < 1.29 is 4.79 Å². The number of hydrogen-bond donors (Lipinski definition) is 0. The Hall–Kier alpha value is -1.89. The average molecular weight is 238 g/mol. The molecule has 0 aliphatic carbocycles. The third kappa shape index (κ3) is 2.67. The van der Waals surface area contributed by atoms with Gasteiger partial charge in [-0.25, -0.2) is 0 Å². The average Bonchev–Trinajstić information content (AvgIpc) is 2.47. The van der Waals surface area contributed by atoms with Crippen LogP contribution in [-0.4, -0.2) is 5.78 Å². The van der Waals surface area contributed by atoms with Crippen molar-refractivity contribution in [2.75, 3.05) is 0 Å². The molecule has 0 amide bonds. The van der Waals surface area contributed by atoms with E-state index in [2.05, 4.69) is 0 Å². The molecule has 1 heteroatoms. The van der Waals surface area contributed by atoms with Crippen molar-refractivity contribution in [2.24, 2.45) is 0 Å². The van der Waals surface area contributed by atoms with E-state index in [0.717, 1.165) is 11.1 Å². The molecule has 2 aromatic rings. The highest BCUT2D eigenvalue weighted by molar-refractivity contribution is 5.91. The second-order valence-corrected chi connectivity index (χ2v) is 4.67. The molecule has 2 atom stereocenters. The van der Waals surface area contributed by atoms with Crippen LogP contribution in [0.2, 0.25) is 0 Å². The van der Waals surface area contributed by atoms with Crippen LogP contribution >= 0.6 is 0 Å². The lowest BCUT2D eigenvalue weighted by Gasteiger charge is -2.16. The van der Waals surface area contributed by atoms with Gasteiger partial charge in [-0.2, -0.15) is 0 Å². The molecule has 0 bridgehead atoms. The Kier molecular flexibility index (Phi) is 3.93. The Labute approximate surface area is 108 Å². The number of carbonyl (C=O) groups excluding carboxylic acids is 1. The van der Waals surface area contributed by atoms with Crippen molar-refractivity contribution >= 4 is 5.78 Å². The molecular weight excluding hydrogens is 220 g/mol. The Morgan fingerprint density at radius 3 is 1.39 bits per heavy atom. The minimum Gasteiger partial charge on any atom is -0.298 e. The quantitative estimate of drug-likeness (QED) is 0.781. The highest BCUT2D eigenvalue weighted by Crippen LogP contribution is 2.25. The van der Waals surface area contributed by atoms with Gasteiger partial charge in [-0.15, -0.1) is 0 Å². The van der Waals surface area contributed by atoms with E-state index < -0.39 is 0 Å². The molecule has 0 aliphatic heterocycles. The third-order valence-corrected chi connectivity index (χ3v) is 3.45. The smallest absolute Gasteiger partial charge is 0.147 e.